The van der Waals surface area contributed by atoms with Crippen LogP contribution in [-0.2, 0) is 0 Å². The van der Waals surface area contributed by atoms with Gasteiger partial charge < -0.3 is 16.0 Å². The van der Waals surface area contributed by atoms with Crippen molar-refractivity contribution in [2.24, 2.45) is 0 Å². The van der Waals surface area contributed by atoms with Crippen LogP contribution in [0.25, 0.3) is 0 Å². The van der Waals surface area contributed by atoms with E-state index >= 15 is 0 Å². The zero-order valence-corrected chi connectivity index (χ0v) is 14.9. The smallest absolute Gasteiger partial charge is 0.0341 e. The van der Waals surface area contributed by atoms with Gasteiger partial charge in [-0.1, -0.05) is 31.9 Å². The highest BCUT2D eigenvalue weighted by atomic mass is 79.9. The van der Waals surface area contributed by atoms with Gasteiger partial charge in [0.15, 0.2) is 0 Å². The summed E-state index contributed by atoms with van der Waals surface area (Å²) in [5, 5.41) is 10.2. The highest BCUT2D eigenvalue weighted by Gasteiger charge is 1.93. The molecule has 5 heteroatoms. The minimum atomic E-state index is 0.917. The molecule has 2 aromatic rings. The summed E-state index contributed by atoms with van der Waals surface area (Å²) in [4.78, 5) is 0. The highest BCUT2D eigenvalue weighted by Crippen LogP contribution is 2.14. The Bertz CT molecular complexity index is 477. The van der Waals surface area contributed by atoms with Crippen LogP contribution in [0.1, 0.15) is 0 Å². The fraction of sp³-hybridized carbons (Fsp3) is 0.250. The Hall–Kier alpha value is -1.04. The summed E-state index contributed by atoms with van der Waals surface area (Å²) in [6, 6.07) is 16.4. The van der Waals surface area contributed by atoms with E-state index in [4.69, 9.17) is 0 Å². The number of nitrogens with one attached hydrogen (secondary N) is 3. The van der Waals surface area contributed by atoms with Crippen molar-refractivity contribution in [2.45, 2.75) is 0 Å². The lowest BCUT2D eigenvalue weighted by molar-refractivity contribution is 0.719. The molecular formula is C16H19Br2N3. The van der Waals surface area contributed by atoms with Gasteiger partial charge in [0.05, 0.1) is 0 Å². The van der Waals surface area contributed by atoms with Crippen molar-refractivity contribution in [3.8, 4) is 0 Å². The first kappa shape index (κ1) is 16.3. The van der Waals surface area contributed by atoms with E-state index in [1.807, 2.05) is 24.3 Å². The molecule has 0 saturated heterocycles. The number of hydrogen-bond donors (Lipinski definition) is 3. The Morgan fingerprint density at radius 1 is 0.571 bits per heavy atom. The molecule has 21 heavy (non-hydrogen) atoms. The molecule has 2 rings (SSSR count). The van der Waals surface area contributed by atoms with Gasteiger partial charge in [0.1, 0.15) is 0 Å². The van der Waals surface area contributed by atoms with Gasteiger partial charge >= 0.3 is 0 Å². The van der Waals surface area contributed by atoms with E-state index in [0.29, 0.717) is 0 Å². The molecule has 0 radical (unpaired) electrons. The maximum atomic E-state index is 3.43. The lowest BCUT2D eigenvalue weighted by Crippen LogP contribution is -2.27. The largest absolute Gasteiger partial charge is 0.384 e. The summed E-state index contributed by atoms with van der Waals surface area (Å²) in [6.07, 6.45) is 0. The van der Waals surface area contributed by atoms with Crippen molar-refractivity contribution in [3.05, 3.63) is 57.5 Å². The van der Waals surface area contributed by atoms with Crippen LogP contribution in [0.4, 0.5) is 11.4 Å². The molecule has 0 heterocycles. The number of benzene rings is 2. The van der Waals surface area contributed by atoms with Crippen molar-refractivity contribution >= 4 is 43.2 Å². The van der Waals surface area contributed by atoms with Gasteiger partial charge in [-0.3, -0.25) is 0 Å². The van der Waals surface area contributed by atoms with E-state index in [1.54, 1.807) is 0 Å². The molecule has 0 bridgehead atoms. The van der Waals surface area contributed by atoms with E-state index in [0.717, 1.165) is 46.5 Å². The second-order valence-corrected chi connectivity index (χ2v) is 6.45. The van der Waals surface area contributed by atoms with E-state index in [1.165, 1.54) is 0 Å². The molecule has 0 aliphatic carbocycles. The number of halogens is 2. The van der Waals surface area contributed by atoms with Crippen LogP contribution < -0.4 is 16.0 Å². The van der Waals surface area contributed by atoms with E-state index in [-0.39, 0.29) is 0 Å². The van der Waals surface area contributed by atoms with Crippen molar-refractivity contribution in [1.29, 1.82) is 0 Å². The SMILES string of the molecule is Brc1ccc(NCCNCCNc2ccc(Br)cc2)cc1. The van der Waals surface area contributed by atoms with Gasteiger partial charge in [0, 0.05) is 46.5 Å². The third-order valence-corrected chi connectivity index (χ3v) is 4.01. The Labute approximate surface area is 142 Å². The lowest BCUT2D eigenvalue weighted by Gasteiger charge is -2.09. The van der Waals surface area contributed by atoms with Crippen LogP contribution >= 0.6 is 31.9 Å². The van der Waals surface area contributed by atoms with Gasteiger partial charge in [-0.2, -0.15) is 0 Å². The summed E-state index contributed by atoms with van der Waals surface area (Å²) in [5.41, 5.74) is 2.29. The summed E-state index contributed by atoms with van der Waals surface area (Å²) in [7, 11) is 0. The Kier molecular flexibility index (Phi) is 7.06. The Balaban J connectivity index is 1.52. The predicted octanol–water partition coefficient (Wildman–Crippen LogP) is 4.33. The standard InChI is InChI=1S/C16H19Br2N3/c17-13-1-5-15(6-2-13)20-11-9-19-10-12-21-16-7-3-14(18)4-8-16/h1-8,19-21H,9-12H2. The quantitative estimate of drug-likeness (QED) is 0.565. The topological polar surface area (TPSA) is 36.1 Å². The third-order valence-electron chi connectivity index (χ3n) is 2.95. The molecule has 0 unspecified atom stereocenters. The van der Waals surface area contributed by atoms with Crippen LogP contribution in [0.2, 0.25) is 0 Å². The molecule has 0 saturated carbocycles. The van der Waals surface area contributed by atoms with Gasteiger partial charge in [-0.05, 0) is 48.5 Å². The van der Waals surface area contributed by atoms with Crippen molar-refractivity contribution in [3.63, 3.8) is 0 Å². The molecular weight excluding hydrogens is 394 g/mol. The molecule has 3 N–H and O–H groups in total. The molecule has 0 aliphatic heterocycles. The zero-order valence-electron chi connectivity index (χ0n) is 11.7. The maximum absolute atomic E-state index is 3.43. The molecule has 0 fully saturated rings. The van der Waals surface area contributed by atoms with Crippen LogP contribution in [0.15, 0.2) is 57.5 Å². The van der Waals surface area contributed by atoms with Crippen molar-refractivity contribution in [2.75, 3.05) is 36.8 Å². The predicted molar refractivity (Wildman–Crippen MR) is 98.1 cm³/mol. The van der Waals surface area contributed by atoms with E-state index in [9.17, 15) is 0 Å². The first-order valence-corrected chi connectivity index (χ1v) is 8.52. The molecule has 2 aromatic carbocycles. The fourth-order valence-electron chi connectivity index (χ4n) is 1.85. The molecule has 3 nitrogen and oxygen atoms in total. The van der Waals surface area contributed by atoms with Crippen LogP contribution in [0, 0.1) is 0 Å². The minimum absolute atomic E-state index is 0.917. The fourth-order valence-corrected chi connectivity index (χ4v) is 2.38. The number of anilines is 2. The lowest BCUT2D eigenvalue weighted by atomic mass is 10.3. The summed E-state index contributed by atoms with van der Waals surface area (Å²) in [6.45, 7) is 3.72. The summed E-state index contributed by atoms with van der Waals surface area (Å²) in [5.74, 6) is 0. The number of rotatable bonds is 8. The molecule has 0 aliphatic rings. The third kappa shape index (κ3) is 6.50. The zero-order chi connectivity index (χ0) is 14.9. The van der Waals surface area contributed by atoms with Gasteiger partial charge in [-0.15, -0.1) is 0 Å². The minimum Gasteiger partial charge on any atom is -0.384 e. The average molecular weight is 413 g/mol. The van der Waals surface area contributed by atoms with Gasteiger partial charge in [0.25, 0.3) is 0 Å². The van der Waals surface area contributed by atoms with Crippen molar-refractivity contribution in [1.82, 2.24) is 5.32 Å². The van der Waals surface area contributed by atoms with Crippen LogP contribution in [0.3, 0.4) is 0 Å². The Morgan fingerprint density at radius 3 is 1.33 bits per heavy atom. The molecule has 0 amide bonds. The molecule has 0 atom stereocenters. The molecule has 0 spiro atoms. The molecule has 112 valence electrons. The second-order valence-electron chi connectivity index (χ2n) is 4.62. The van der Waals surface area contributed by atoms with Gasteiger partial charge in [0.2, 0.25) is 0 Å². The summed E-state index contributed by atoms with van der Waals surface area (Å²) >= 11 is 6.86. The first-order chi connectivity index (χ1) is 10.2. The van der Waals surface area contributed by atoms with Crippen LogP contribution in [-0.4, -0.2) is 26.2 Å². The first-order valence-electron chi connectivity index (χ1n) is 6.93. The maximum Gasteiger partial charge on any atom is 0.0341 e. The second kappa shape index (κ2) is 9.07. The monoisotopic (exact) mass is 411 g/mol. The van der Waals surface area contributed by atoms with Crippen molar-refractivity contribution < 1.29 is 0 Å². The number of hydrogen-bond acceptors (Lipinski definition) is 3. The normalized spacial score (nSPS) is 10.4. The van der Waals surface area contributed by atoms with E-state index < -0.39 is 0 Å². The Morgan fingerprint density at radius 2 is 0.952 bits per heavy atom. The van der Waals surface area contributed by atoms with E-state index in [2.05, 4.69) is 72.1 Å². The average Bonchev–Trinajstić information content (AvgIpc) is 2.50. The molecule has 0 aromatic heterocycles. The summed E-state index contributed by atoms with van der Waals surface area (Å²) < 4.78 is 2.20. The highest BCUT2D eigenvalue weighted by molar-refractivity contribution is 9.10. The van der Waals surface area contributed by atoms with Gasteiger partial charge in [-0.25, -0.2) is 0 Å². The van der Waals surface area contributed by atoms with Crippen LogP contribution in [0.5, 0.6) is 0 Å².